The molecule has 3 aliphatic rings. The van der Waals surface area contributed by atoms with Crippen molar-refractivity contribution >= 4 is 28.4 Å². The maximum absolute atomic E-state index is 12.4. The van der Waals surface area contributed by atoms with Crippen LogP contribution >= 0.6 is 0 Å². The summed E-state index contributed by atoms with van der Waals surface area (Å²) in [5.74, 6) is 1.02. The van der Waals surface area contributed by atoms with E-state index in [9.17, 15) is 9.59 Å². The molecule has 0 spiro atoms. The average Bonchev–Trinajstić information content (AvgIpc) is 3.18. The van der Waals surface area contributed by atoms with E-state index in [-0.39, 0.29) is 17.7 Å². The number of benzene rings is 1. The number of fused-ring (bicyclic) bond motifs is 1. The lowest BCUT2D eigenvalue weighted by Gasteiger charge is -2.36. The molecule has 2 aromatic rings. The highest BCUT2D eigenvalue weighted by Gasteiger charge is 2.32. The van der Waals surface area contributed by atoms with Crippen LogP contribution in [0, 0.1) is 11.8 Å². The molecule has 2 amide bonds. The van der Waals surface area contributed by atoms with Gasteiger partial charge in [-0.15, -0.1) is 0 Å². The normalized spacial score (nSPS) is 23.7. The number of anilines is 1. The second-order valence-electron chi connectivity index (χ2n) is 9.77. The molecule has 1 aromatic carbocycles. The molecule has 0 aliphatic carbocycles. The van der Waals surface area contributed by atoms with Crippen molar-refractivity contribution < 1.29 is 9.59 Å². The summed E-state index contributed by atoms with van der Waals surface area (Å²) in [7, 11) is 0. The van der Waals surface area contributed by atoms with E-state index in [4.69, 9.17) is 5.10 Å². The van der Waals surface area contributed by atoms with Crippen LogP contribution < -0.4 is 15.5 Å². The molecule has 7 heteroatoms. The van der Waals surface area contributed by atoms with Crippen LogP contribution in [0.1, 0.15) is 63.5 Å². The molecule has 1 unspecified atom stereocenters. The van der Waals surface area contributed by atoms with Gasteiger partial charge in [-0.25, -0.2) is 0 Å². The van der Waals surface area contributed by atoms with E-state index in [2.05, 4.69) is 40.7 Å². The molecule has 5 rings (SSSR count). The number of hydrogen-bond acceptors (Lipinski definition) is 5. The van der Waals surface area contributed by atoms with Crippen LogP contribution in [0.25, 0.3) is 10.9 Å². The molecule has 7 nitrogen and oxygen atoms in total. The SMILES string of the molecule is CCn1nc(C2CCC(=O)NC2=O)c2ccc(N3CCC(CC4CCNCC4)CC3)cc21. The zero-order valence-electron chi connectivity index (χ0n) is 19.1. The van der Waals surface area contributed by atoms with Crippen molar-refractivity contribution in [2.75, 3.05) is 31.1 Å². The average molecular weight is 438 g/mol. The maximum atomic E-state index is 12.4. The minimum atomic E-state index is -0.348. The number of carbonyl (C=O) groups excluding carboxylic acids is 2. The molecule has 1 atom stereocenters. The highest BCUT2D eigenvalue weighted by molar-refractivity contribution is 6.02. The summed E-state index contributed by atoms with van der Waals surface area (Å²) in [6.07, 6.45) is 7.54. The smallest absolute Gasteiger partial charge is 0.235 e. The van der Waals surface area contributed by atoms with Crippen LogP contribution in [0.15, 0.2) is 18.2 Å². The summed E-state index contributed by atoms with van der Waals surface area (Å²) < 4.78 is 2.00. The minimum absolute atomic E-state index is 0.184. The van der Waals surface area contributed by atoms with Gasteiger partial charge in [0.1, 0.15) is 0 Å². The van der Waals surface area contributed by atoms with E-state index in [1.54, 1.807) is 0 Å². The standard InChI is InChI=1S/C25H35N5O2/c1-2-30-22-16-19(29-13-9-18(10-14-29)15-17-7-11-26-12-8-17)3-4-20(22)24(28-30)21-5-6-23(31)27-25(21)32/h3-4,16-18,21,26H,2,5-15H2,1H3,(H,27,31,32). The number of nitrogens with one attached hydrogen (secondary N) is 2. The zero-order chi connectivity index (χ0) is 22.1. The number of aromatic nitrogens is 2. The molecule has 3 aliphatic heterocycles. The summed E-state index contributed by atoms with van der Waals surface area (Å²) in [6, 6.07) is 6.56. The van der Waals surface area contributed by atoms with Crippen molar-refractivity contribution in [3.8, 4) is 0 Å². The number of rotatable bonds is 5. The van der Waals surface area contributed by atoms with Crippen molar-refractivity contribution in [2.24, 2.45) is 11.8 Å². The number of carbonyl (C=O) groups is 2. The van der Waals surface area contributed by atoms with E-state index in [1.807, 2.05) is 4.68 Å². The van der Waals surface area contributed by atoms with Gasteiger partial charge in [-0.3, -0.25) is 19.6 Å². The van der Waals surface area contributed by atoms with Gasteiger partial charge in [0, 0.05) is 37.1 Å². The molecule has 1 aromatic heterocycles. The fourth-order valence-corrected chi connectivity index (χ4v) is 5.85. The summed E-state index contributed by atoms with van der Waals surface area (Å²) in [5.41, 5.74) is 3.14. The first-order chi connectivity index (χ1) is 15.6. The van der Waals surface area contributed by atoms with Crippen LogP contribution in [-0.4, -0.2) is 47.8 Å². The molecule has 172 valence electrons. The topological polar surface area (TPSA) is 79.3 Å². The molecule has 0 bridgehead atoms. The Labute approximate surface area is 189 Å². The molecule has 2 N–H and O–H groups in total. The fourth-order valence-electron chi connectivity index (χ4n) is 5.85. The van der Waals surface area contributed by atoms with Crippen molar-refractivity contribution in [1.82, 2.24) is 20.4 Å². The molecule has 4 heterocycles. The Kier molecular flexibility index (Phi) is 6.17. The van der Waals surface area contributed by atoms with Gasteiger partial charge in [0.05, 0.1) is 17.1 Å². The number of nitrogens with zero attached hydrogens (tertiary/aromatic N) is 3. The van der Waals surface area contributed by atoms with Crippen molar-refractivity contribution in [2.45, 2.75) is 64.3 Å². The molecule has 0 radical (unpaired) electrons. The third-order valence-electron chi connectivity index (χ3n) is 7.74. The van der Waals surface area contributed by atoms with Crippen LogP contribution in [0.2, 0.25) is 0 Å². The van der Waals surface area contributed by atoms with E-state index in [1.165, 1.54) is 50.9 Å². The largest absolute Gasteiger partial charge is 0.371 e. The lowest BCUT2D eigenvalue weighted by molar-refractivity contribution is -0.134. The summed E-state index contributed by atoms with van der Waals surface area (Å²) in [6.45, 7) is 7.44. The van der Waals surface area contributed by atoms with Crippen molar-refractivity contribution in [3.63, 3.8) is 0 Å². The predicted octanol–water partition coefficient (Wildman–Crippen LogP) is 3.18. The summed E-state index contributed by atoms with van der Waals surface area (Å²) >= 11 is 0. The zero-order valence-corrected chi connectivity index (χ0v) is 19.1. The monoisotopic (exact) mass is 437 g/mol. The Balaban J connectivity index is 1.30. The molecule has 3 saturated heterocycles. The lowest BCUT2D eigenvalue weighted by atomic mass is 9.83. The Morgan fingerprint density at radius 1 is 1.03 bits per heavy atom. The predicted molar refractivity (Wildman–Crippen MR) is 126 cm³/mol. The van der Waals surface area contributed by atoms with Gasteiger partial charge in [0.15, 0.2) is 0 Å². The molecular weight excluding hydrogens is 402 g/mol. The van der Waals surface area contributed by atoms with Gasteiger partial charge in [-0.1, -0.05) is 0 Å². The van der Waals surface area contributed by atoms with Gasteiger partial charge in [0.25, 0.3) is 0 Å². The first-order valence-corrected chi connectivity index (χ1v) is 12.4. The van der Waals surface area contributed by atoms with Gasteiger partial charge < -0.3 is 10.2 Å². The second-order valence-corrected chi connectivity index (χ2v) is 9.77. The van der Waals surface area contributed by atoms with E-state index < -0.39 is 0 Å². The number of amides is 2. The summed E-state index contributed by atoms with van der Waals surface area (Å²) in [5, 5.41) is 11.8. The van der Waals surface area contributed by atoms with Crippen molar-refractivity contribution in [1.29, 1.82) is 0 Å². The maximum Gasteiger partial charge on any atom is 0.235 e. The highest BCUT2D eigenvalue weighted by atomic mass is 16.2. The van der Waals surface area contributed by atoms with Gasteiger partial charge in [-0.2, -0.15) is 5.10 Å². The first-order valence-electron chi connectivity index (χ1n) is 12.4. The molecular formula is C25H35N5O2. The second kappa shape index (κ2) is 9.22. The van der Waals surface area contributed by atoms with E-state index >= 15 is 0 Å². The lowest BCUT2D eigenvalue weighted by Crippen LogP contribution is -2.39. The van der Waals surface area contributed by atoms with Gasteiger partial charge in [-0.05, 0) is 88.6 Å². The van der Waals surface area contributed by atoms with Crippen LogP contribution in [0.5, 0.6) is 0 Å². The van der Waals surface area contributed by atoms with Crippen molar-refractivity contribution in [3.05, 3.63) is 23.9 Å². The Morgan fingerprint density at radius 2 is 1.78 bits per heavy atom. The number of aryl methyl sites for hydroxylation is 1. The Bertz CT molecular complexity index is 986. The van der Waals surface area contributed by atoms with Crippen LogP contribution in [-0.2, 0) is 16.1 Å². The van der Waals surface area contributed by atoms with Gasteiger partial charge >= 0.3 is 0 Å². The first kappa shape index (κ1) is 21.4. The quantitative estimate of drug-likeness (QED) is 0.703. The summed E-state index contributed by atoms with van der Waals surface area (Å²) in [4.78, 5) is 26.5. The Morgan fingerprint density at radius 3 is 2.50 bits per heavy atom. The number of hydrogen-bond donors (Lipinski definition) is 2. The molecule has 32 heavy (non-hydrogen) atoms. The third-order valence-corrected chi connectivity index (χ3v) is 7.74. The molecule has 0 saturated carbocycles. The number of imide groups is 1. The highest BCUT2D eigenvalue weighted by Crippen LogP contribution is 2.34. The third kappa shape index (κ3) is 4.27. The van der Waals surface area contributed by atoms with Gasteiger partial charge in [0.2, 0.25) is 11.8 Å². The fraction of sp³-hybridized carbons (Fsp3) is 0.640. The van der Waals surface area contributed by atoms with E-state index in [0.29, 0.717) is 12.8 Å². The molecule has 3 fully saturated rings. The van der Waals surface area contributed by atoms with Crippen LogP contribution in [0.4, 0.5) is 5.69 Å². The Hall–Kier alpha value is -2.41. The van der Waals surface area contributed by atoms with E-state index in [0.717, 1.165) is 48.1 Å². The number of piperidine rings is 3. The minimum Gasteiger partial charge on any atom is -0.371 e. The van der Waals surface area contributed by atoms with Crippen LogP contribution in [0.3, 0.4) is 0 Å².